The number of benzene rings is 2. The molecule has 0 radical (unpaired) electrons. The molecule has 0 aliphatic rings. The third-order valence-corrected chi connectivity index (χ3v) is 3.46. The molecule has 1 heterocycles. The molecule has 0 saturated heterocycles. The van der Waals surface area contributed by atoms with Crippen molar-refractivity contribution in [3.05, 3.63) is 71.3 Å². The zero-order valence-corrected chi connectivity index (χ0v) is 13.1. The number of rotatable bonds is 5. The number of carbonyl (C=O) groups excluding carboxylic acids is 1. The number of hydrogen-bond acceptors (Lipinski definition) is 4. The molecule has 3 rings (SSSR count). The first-order valence-corrected chi connectivity index (χ1v) is 7.51. The van der Waals surface area contributed by atoms with E-state index in [1.807, 2.05) is 31.2 Å². The van der Waals surface area contributed by atoms with Gasteiger partial charge < -0.3 is 9.84 Å². The monoisotopic (exact) mass is 325 g/mol. The van der Waals surface area contributed by atoms with Gasteiger partial charge in [-0.3, -0.25) is 4.79 Å². The fourth-order valence-corrected chi connectivity index (χ4v) is 2.21. The summed E-state index contributed by atoms with van der Waals surface area (Å²) in [6.07, 6.45) is 0.0976. The molecule has 0 unspecified atom stereocenters. The molecule has 122 valence electrons. The molecule has 1 amide bonds. The summed E-state index contributed by atoms with van der Waals surface area (Å²) in [6, 6.07) is 13.7. The molecule has 5 nitrogen and oxygen atoms in total. The Morgan fingerprint density at radius 3 is 2.75 bits per heavy atom. The summed E-state index contributed by atoms with van der Waals surface area (Å²) in [6.45, 7) is 2.15. The summed E-state index contributed by atoms with van der Waals surface area (Å²) in [4.78, 5) is 16.1. The highest BCUT2D eigenvalue weighted by Crippen LogP contribution is 2.17. The fourth-order valence-electron chi connectivity index (χ4n) is 2.21. The van der Waals surface area contributed by atoms with Crippen LogP contribution in [0.15, 0.2) is 53.1 Å². The van der Waals surface area contributed by atoms with Crippen LogP contribution < -0.4 is 5.32 Å². The smallest absolute Gasteiger partial charge is 0.257 e. The molecule has 24 heavy (non-hydrogen) atoms. The normalized spacial score (nSPS) is 10.6. The van der Waals surface area contributed by atoms with Gasteiger partial charge in [-0.05, 0) is 36.8 Å². The predicted molar refractivity (Wildman–Crippen MR) is 86.4 cm³/mol. The fraction of sp³-hybridized carbons (Fsp3) is 0.167. The van der Waals surface area contributed by atoms with Crippen LogP contribution in [0.1, 0.15) is 17.0 Å². The number of carbonyl (C=O) groups is 1. The van der Waals surface area contributed by atoms with Gasteiger partial charge in [-0.2, -0.15) is 4.98 Å². The van der Waals surface area contributed by atoms with Gasteiger partial charge in [-0.1, -0.05) is 35.0 Å². The van der Waals surface area contributed by atoms with E-state index < -0.39 is 0 Å². The first-order valence-electron chi connectivity index (χ1n) is 7.51. The van der Waals surface area contributed by atoms with Crippen molar-refractivity contribution in [2.75, 3.05) is 0 Å². The number of aromatic nitrogens is 2. The maximum atomic E-state index is 13.1. The lowest BCUT2D eigenvalue weighted by Crippen LogP contribution is -2.25. The van der Waals surface area contributed by atoms with E-state index in [1.54, 1.807) is 12.1 Å². The first kappa shape index (κ1) is 15.9. The SMILES string of the molecule is Cc1ccc(-c2nc(CNC(=O)Cc3cccc(F)c3)no2)cc1. The van der Waals surface area contributed by atoms with Crippen LogP contribution in [-0.4, -0.2) is 16.0 Å². The van der Waals surface area contributed by atoms with Gasteiger partial charge in [-0.25, -0.2) is 4.39 Å². The quantitative estimate of drug-likeness (QED) is 0.783. The average Bonchev–Trinajstić information content (AvgIpc) is 3.03. The van der Waals surface area contributed by atoms with Crippen molar-refractivity contribution in [1.82, 2.24) is 15.5 Å². The summed E-state index contributed by atoms with van der Waals surface area (Å²) in [5.41, 5.74) is 2.58. The van der Waals surface area contributed by atoms with E-state index in [2.05, 4.69) is 15.5 Å². The highest BCUT2D eigenvalue weighted by atomic mass is 19.1. The molecule has 1 aromatic heterocycles. The van der Waals surface area contributed by atoms with E-state index in [0.717, 1.165) is 11.1 Å². The molecule has 1 N–H and O–H groups in total. The minimum Gasteiger partial charge on any atom is -0.348 e. The number of hydrogen-bond donors (Lipinski definition) is 1. The molecule has 0 atom stereocenters. The summed E-state index contributed by atoms with van der Waals surface area (Å²) in [7, 11) is 0. The zero-order chi connectivity index (χ0) is 16.9. The van der Waals surface area contributed by atoms with Gasteiger partial charge in [-0.15, -0.1) is 0 Å². The minimum atomic E-state index is -0.360. The van der Waals surface area contributed by atoms with Crippen molar-refractivity contribution < 1.29 is 13.7 Å². The van der Waals surface area contributed by atoms with Crippen LogP contribution in [-0.2, 0) is 17.8 Å². The third-order valence-electron chi connectivity index (χ3n) is 3.46. The van der Waals surface area contributed by atoms with Crippen molar-refractivity contribution in [3.8, 4) is 11.5 Å². The van der Waals surface area contributed by atoms with Gasteiger partial charge >= 0.3 is 0 Å². The first-order chi connectivity index (χ1) is 11.6. The van der Waals surface area contributed by atoms with Crippen molar-refractivity contribution in [1.29, 1.82) is 0 Å². The van der Waals surface area contributed by atoms with Crippen LogP contribution >= 0.6 is 0 Å². The second-order valence-corrected chi connectivity index (χ2v) is 5.47. The molecule has 0 aliphatic carbocycles. The molecule has 2 aromatic carbocycles. The standard InChI is InChI=1S/C18H16FN3O2/c1-12-5-7-14(8-6-12)18-21-16(22-24-18)11-20-17(23)10-13-3-2-4-15(19)9-13/h2-9H,10-11H2,1H3,(H,20,23). The third kappa shape index (κ3) is 4.04. The summed E-state index contributed by atoms with van der Waals surface area (Å²) < 4.78 is 18.3. The Morgan fingerprint density at radius 1 is 1.21 bits per heavy atom. The molecular weight excluding hydrogens is 309 g/mol. The van der Waals surface area contributed by atoms with Gasteiger partial charge in [0.25, 0.3) is 5.89 Å². The summed E-state index contributed by atoms with van der Waals surface area (Å²) in [5, 5.41) is 6.54. The Bertz CT molecular complexity index is 843. The van der Waals surface area contributed by atoms with Crippen LogP contribution in [0.25, 0.3) is 11.5 Å². The number of aryl methyl sites for hydroxylation is 1. The molecule has 0 fully saturated rings. The van der Waals surface area contributed by atoms with Gasteiger partial charge in [0, 0.05) is 5.56 Å². The van der Waals surface area contributed by atoms with Gasteiger partial charge in [0.15, 0.2) is 5.82 Å². The molecule has 6 heteroatoms. The predicted octanol–water partition coefficient (Wildman–Crippen LogP) is 3.04. The van der Waals surface area contributed by atoms with Gasteiger partial charge in [0.2, 0.25) is 5.91 Å². The summed E-state index contributed by atoms with van der Waals surface area (Å²) in [5.74, 6) is 0.200. The lowest BCUT2D eigenvalue weighted by atomic mass is 10.1. The molecule has 0 spiro atoms. The van der Waals surface area contributed by atoms with Gasteiger partial charge in [0.05, 0.1) is 13.0 Å². The minimum absolute atomic E-state index is 0.0976. The highest BCUT2D eigenvalue weighted by molar-refractivity contribution is 5.78. The van der Waals surface area contributed by atoms with Gasteiger partial charge in [0.1, 0.15) is 5.82 Å². The van der Waals surface area contributed by atoms with E-state index >= 15 is 0 Å². The van der Waals surface area contributed by atoms with Crippen molar-refractivity contribution in [3.63, 3.8) is 0 Å². The van der Waals surface area contributed by atoms with Crippen LogP contribution in [0.4, 0.5) is 4.39 Å². The topological polar surface area (TPSA) is 68.0 Å². The van der Waals surface area contributed by atoms with Crippen LogP contribution in [0.2, 0.25) is 0 Å². The molecule has 3 aromatic rings. The molecular formula is C18H16FN3O2. The summed E-state index contributed by atoms with van der Waals surface area (Å²) >= 11 is 0. The van der Waals surface area contributed by atoms with Crippen LogP contribution in [0, 0.1) is 12.7 Å². The zero-order valence-electron chi connectivity index (χ0n) is 13.1. The van der Waals surface area contributed by atoms with Crippen molar-refractivity contribution in [2.24, 2.45) is 0 Å². The Labute approximate surface area is 138 Å². The molecule has 0 bridgehead atoms. The largest absolute Gasteiger partial charge is 0.348 e. The Balaban J connectivity index is 1.57. The number of nitrogens with one attached hydrogen (secondary N) is 1. The van der Waals surface area contributed by atoms with E-state index in [1.165, 1.54) is 12.1 Å². The van der Waals surface area contributed by atoms with E-state index in [4.69, 9.17) is 4.52 Å². The second kappa shape index (κ2) is 7.04. The lowest BCUT2D eigenvalue weighted by molar-refractivity contribution is -0.120. The number of amides is 1. The maximum absolute atomic E-state index is 13.1. The lowest BCUT2D eigenvalue weighted by Gasteiger charge is -2.02. The number of halogens is 1. The molecule has 0 saturated carbocycles. The molecule has 0 aliphatic heterocycles. The highest BCUT2D eigenvalue weighted by Gasteiger charge is 2.10. The average molecular weight is 325 g/mol. The van der Waals surface area contributed by atoms with Crippen molar-refractivity contribution in [2.45, 2.75) is 19.9 Å². The van der Waals surface area contributed by atoms with Crippen LogP contribution in [0.3, 0.4) is 0 Å². The van der Waals surface area contributed by atoms with E-state index in [0.29, 0.717) is 17.3 Å². The Hall–Kier alpha value is -3.02. The number of nitrogens with zero attached hydrogens (tertiary/aromatic N) is 2. The second-order valence-electron chi connectivity index (χ2n) is 5.47. The Morgan fingerprint density at radius 2 is 2.00 bits per heavy atom. The van der Waals surface area contributed by atoms with E-state index in [9.17, 15) is 9.18 Å². The maximum Gasteiger partial charge on any atom is 0.257 e. The van der Waals surface area contributed by atoms with E-state index in [-0.39, 0.29) is 24.7 Å². The van der Waals surface area contributed by atoms with Crippen molar-refractivity contribution >= 4 is 5.91 Å². The Kier molecular flexibility index (Phi) is 4.65. The van der Waals surface area contributed by atoms with Crippen LogP contribution in [0.5, 0.6) is 0 Å².